The molecule has 0 spiro atoms. The van der Waals surface area contributed by atoms with Crippen LogP contribution in [0, 0.1) is 13.8 Å². The Balaban J connectivity index is 1.31. The quantitative estimate of drug-likeness (QED) is 0.388. The van der Waals surface area contributed by atoms with E-state index in [4.69, 9.17) is 23.7 Å². The van der Waals surface area contributed by atoms with Crippen LogP contribution in [0.5, 0.6) is 17.2 Å². The highest BCUT2D eigenvalue weighted by Gasteiger charge is 2.28. The largest absolute Gasteiger partial charge is 0.492 e. The molecule has 0 saturated carbocycles. The molecule has 2 unspecified atom stereocenters. The molecule has 2 heterocycles. The van der Waals surface area contributed by atoms with Crippen LogP contribution in [0.4, 0.5) is 0 Å². The van der Waals surface area contributed by atoms with Gasteiger partial charge in [0.15, 0.2) is 0 Å². The van der Waals surface area contributed by atoms with Gasteiger partial charge in [-0.15, -0.1) is 0 Å². The first-order valence-corrected chi connectivity index (χ1v) is 12.3. The number of carbonyl (C=O) groups is 1. The number of hydrogen-bond acceptors (Lipinski definition) is 6. The highest BCUT2D eigenvalue weighted by molar-refractivity contribution is 5.75. The molecule has 3 aromatic rings. The van der Waals surface area contributed by atoms with Gasteiger partial charge < -0.3 is 23.7 Å². The lowest BCUT2D eigenvalue weighted by atomic mass is 9.90. The summed E-state index contributed by atoms with van der Waals surface area (Å²) in [5, 5.41) is 0. The lowest BCUT2D eigenvalue weighted by molar-refractivity contribution is -0.141. The van der Waals surface area contributed by atoms with E-state index in [9.17, 15) is 4.79 Å². The second kappa shape index (κ2) is 10.2. The van der Waals surface area contributed by atoms with Gasteiger partial charge in [-0.2, -0.15) is 0 Å². The van der Waals surface area contributed by atoms with Crippen molar-refractivity contribution in [3.8, 4) is 28.4 Å². The van der Waals surface area contributed by atoms with Gasteiger partial charge in [0.2, 0.25) is 0 Å². The molecule has 2 aliphatic heterocycles. The molecule has 6 nitrogen and oxygen atoms in total. The fourth-order valence-corrected chi connectivity index (χ4v) is 5.30. The molecule has 36 heavy (non-hydrogen) atoms. The van der Waals surface area contributed by atoms with Gasteiger partial charge in [-0.3, -0.25) is 4.79 Å². The van der Waals surface area contributed by atoms with Gasteiger partial charge in [0.1, 0.15) is 30.0 Å². The zero-order valence-corrected chi connectivity index (χ0v) is 21.3. The molecule has 2 aliphatic rings. The van der Waals surface area contributed by atoms with Crippen molar-refractivity contribution in [2.45, 2.75) is 45.3 Å². The Hall–Kier alpha value is -3.51. The first-order valence-electron chi connectivity index (χ1n) is 12.3. The summed E-state index contributed by atoms with van der Waals surface area (Å²) in [6.45, 7) is 5.83. The van der Waals surface area contributed by atoms with Gasteiger partial charge >= 0.3 is 5.97 Å². The Kier molecular flexibility index (Phi) is 6.88. The third-order valence-electron chi connectivity index (χ3n) is 7.07. The second-order valence-corrected chi connectivity index (χ2v) is 9.55. The summed E-state index contributed by atoms with van der Waals surface area (Å²) in [4.78, 5) is 11.7. The third-order valence-corrected chi connectivity index (χ3v) is 7.07. The standard InChI is InChI=1S/C30H32O6/c1-18-10-28-26(13-24(36-28)17-32-3)19(2)30(18)21-7-5-6-20(11-21)15-34-23-8-9-25-22(12-29(31)33-4)16-35-27(25)14-23/h5-11,14,22,24H,12-13,15-17H2,1-4H3. The number of methoxy groups -OCH3 is 2. The van der Waals surface area contributed by atoms with Crippen LogP contribution in [-0.4, -0.2) is 39.5 Å². The number of hydrogen-bond donors (Lipinski definition) is 0. The summed E-state index contributed by atoms with van der Waals surface area (Å²) in [5.41, 5.74) is 8.26. The van der Waals surface area contributed by atoms with Crippen molar-refractivity contribution in [1.82, 2.24) is 0 Å². The van der Waals surface area contributed by atoms with E-state index in [0.29, 0.717) is 26.2 Å². The predicted molar refractivity (Wildman–Crippen MR) is 137 cm³/mol. The van der Waals surface area contributed by atoms with Crippen molar-refractivity contribution in [3.63, 3.8) is 0 Å². The number of esters is 1. The van der Waals surface area contributed by atoms with Crippen LogP contribution in [0.2, 0.25) is 0 Å². The summed E-state index contributed by atoms with van der Waals surface area (Å²) >= 11 is 0. The van der Waals surface area contributed by atoms with Crippen LogP contribution in [0.1, 0.15) is 40.2 Å². The molecular formula is C30H32O6. The van der Waals surface area contributed by atoms with Crippen LogP contribution < -0.4 is 14.2 Å². The monoisotopic (exact) mass is 488 g/mol. The SMILES string of the molecule is COCC1Cc2c(cc(C)c(-c3cccc(COc4ccc5c(c4)OCC5CC(=O)OC)c3)c2C)O1. The molecule has 0 amide bonds. The Labute approximate surface area is 212 Å². The fraction of sp³-hybridized carbons (Fsp3) is 0.367. The molecule has 0 fully saturated rings. The van der Waals surface area contributed by atoms with E-state index in [0.717, 1.165) is 34.8 Å². The minimum absolute atomic E-state index is 0.0205. The summed E-state index contributed by atoms with van der Waals surface area (Å²) in [7, 11) is 3.12. The molecule has 3 aromatic carbocycles. The predicted octanol–water partition coefficient (Wildman–Crippen LogP) is 5.54. The van der Waals surface area contributed by atoms with Crippen LogP contribution in [-0.2, 0) is 27.3 Å². The topological polar surface area (TPSA) is 63.2 Å². The number of rotatable bonds is 8. The smallest absolute Gasteiger partial charge is 0.306 e. The van der Waals surface area contributed by atoms with Gasteiger partial charge in [-0.05, 0) is 59.9 Å². The van der Waals surface area contributed by atoms with Gasteiger partial charge in [0.05, 0.1) is 26.7 Å². The van der Waals surface area contributed by atoms with E-state index in [1.165, 1.54) is 34.9 Å². The van der Waals surface area contributed by atoms with Gasteiger partial charge in [0, 0.05) is 36.6 Å². The average Bonchev–Trinajstić information content (AvgIpc) is 3.46. The van der Waals surface area contributed by atoms with Crippen molar-refractivity contribution < 1.29 is 28.5 Å². The van der Waals surface area contributed by atoms with Crippen molar-refractivity contribution in [2.24, 2.45) is 0 Å². The third kappa shape index (κ3) is 4.78. The van der Waals surface area contributed by atoms with E-state index >= 15 is 0 Å². The number of fused-ring (bicyclic) bond motifs is 2. The molecule has 188 valence electrons. The first-order chi connectivity index (χ1) is 17.5. The van der Waals surface area contributed by atoms with E-state index in [1.54, 1.807) is 7.11 Å². The molecular weight excluding hydrogens is 456 g/mol. The Bertz CT molecular complexity index is 1280. The lowest BCUT2D eigenvalue weighted by Gasteiger charge is -2.15. The van der Waals surface area contributed by atoms with Crippen molar-refractivity contribution in [3.05, 3.63) is 76.3 Å². The van der Waals surface area contributed by atoms with Gasteiger partial charge in [-0.1, -0.05) is 24.3 Å². The van der Waals surface area contributed by atoms with Gasteiger partial charge in [-0.25, -0.2) is 0 Å². The van der Waals surface area contributed by atoms with Crippen LogP contribution in [0.25, 0.3) is 11.1 Å². The summed E-state index contributed by atoms with van der Waals surface area (Å²) < 4.78 is 28.1. The van der Waals surface area contributed by atoms with Crippen molar-refractivity contribution >= 4 is 5.97 Å². The first kappa shape index (κ1) is 24.2. The number of ether oxygens (including phenoxy) is 5. The summed E-state index contributed by atoms with van der Waals surface area (Å²) in [5.74, 6) is 2.28. The minimum atomic E-state index is -0.229. The molecule has 5 rings (SSSR count). The van der Waals surface area contributed by atoms with Gasteiger partial charge in [0.25, 0.3) is 0 Å². The molecule has 0 aromatic heterocycles. The second-order valence-electron chi connectivity index (χ2n) is 9.55. The van der Waals surface area contributed by atoms with Crippen LogP contribution in [0.15, 0.2) is 48.5 Å². The van der Waals surface area contributed by atoms with E-state index in [-0.39, 0.29) is 18.0 Å². The zero-order valence-electron chi connectivity index (χ0n) is 21.3. The lowest BCUT2D eigenvalue weighted by Crippen LogP contribution is -2.19. The van der Waals surface area contributed by atoms with E-state index in [2.05, 4.69) is 44.2 Å². The normalized spacial score (nSPS) is 17.7. The summed E-state index contributed by atoms with van der Waals surface area (Å²) in [6.07, 6.45) is 1.26. The Morgan fingerprint density at radius 3 is 2.72 bits per heavy atom. The molecule has 0 saturated heterocycles. The molecule has 0 radical (unpaired) electrons. The van der Waals surface area contributed by atoms with E-state index < -0.39 is 0 Å². The number of benzene rings is 3. The minimum Gasteiger partial charge on any atom is -0.492 e. The zero-order chi connectivity index (χ0) is 25.2. The summed E-state index contributed by atoms with van der Waals surface area (Å²) in [6, 6.07) is 16.5. The number of carbonyl (C=O) groups excluding carboxylic acids is 1. The molecule has 0 bridgehead atoms. The Morgan fingerprint density at radius 2 is 1.92 bits per heavy atom. The Morgan fingerprint density at radius 1 is 1.06 bits per heavy atom. The van der Waals surface area contributed by atoms with Crippen LogP contribution >= 0.6 is 0 Å². The van der Waals surface area contributed by atoms with Crippen molar-refractivity contribution in [2.75, 3.05) is 27.4 Å². The molecule has 0 N–H and O–H groups in total. The fourth-order valence-electron chi connectivity index (χ4n) is 5.30. The maximum atomic E-state index is 11.7. The molecule has 6 heteroatoms. The highest BCUT2D eigenvalue weighted by atomic mass is 16.5. The maximum Gasteiger partial charge on any atom is 0.306 e. The highest BCUT2D eigenvalue weighted by Crippen LogP contribution is 2.40. The number of aryl methyl sites for hydroxylation is 1. The average molecular weight is 489 g/mol. The van der Waals surface area contributed by atoms with E-state index in [1.807, 2.05) is 18.2 Å². The molecule has 0 aliphatic carbocycles. The maximum absolute atomic E-state index is 11.7. The van der Waals surface area contributed by atoms with Crippen molar-refractivity contribution in [1.29, 1.82) is 0 Å². The molecule has 2 atom stereocenters. The van der Waals surface area contributed by atoms with Crippen LogP contribution in [0.3, 0.4) is 0 Å².